The Kier molecular flexibility index (Phi) is 7.88. The molecule has 0 heterocycles. The zero-order chi connectivity index (χ0) is 15.0. The van der Waals surface area contributed by atoms with Gasteiger partial charge in [-0.1, -0.05) is 32.0 Å². The molecule has 0 radical (unpaired) electrons. The van der Waals surface area contributed by atoms with E-state index in [0.29, 0.717) is 5.92 Å². The molecule has 0 unspecified atom stereocenters. The molecule has 0 N–H and O–H groups in total. The van der Waals surface area contributed by atoms with Crippen molar-refractivity contribution < 1.29 is 14.3 Å². The second-order valence-corrected chi connectivity index (χ2v) is 6.09. The Morgan fingerprint density at radius 3 is 2.30 bits per heavy atom. The van der Waals surface area contributed by atoms with E-state index >= 15 is 0 Å². The van der Waals surface area contributed by atoms with Crippen LogP contribution in [0.25, 0.3) is 0 Å². The van der Waals surface area contributed by atoms with Crippen molar-refractivity contribution in [2.24, 2.45) is 11.8 Å². The summed E-state index contributed by atoms with van der Waals surface area (Å²) in [5, 5.41) is 0. The fourth-order valence-electron chi connectivity index (χ4n) is 2.39. The molecule has 1 rings (SSSR count). The average molecular weight is 296 g/mol. The molecule has 1 aromatic carbocycles. The molecule has 3 nitrogen and oxygen atoms in total. The van der Waals surface area contributed by atoms with Gasteiger partial charge in [-0.15, -0.1) is 11.8 Å². The van der Waals surface area contributed by atoms with Crippen LogP contribution in [-0.2, 0) is 14.3 Å². The van der Waals surface area contributed by atoms with E-state index in [1.807, 2.05) is 36.9 Å². The van der Waals surface area contributed by atoms with Crippen LogP contribution in [0.1, 0.15) is 13.8 Å². The van der Waals surface area contributed by atoms with Gasteiger partial charge in [0.05, 0.1) is 6.10 Å². The summed E-state index contributed by atoms with van der Waals surface area (Å²) in [6.07, 6.45) is 0.443. The van der Waals surface area contributed by atoms with Gasteiger partial charge < -0.3 is 14.3 Å². The van der Waals surface area contributed by atoms with Gasteiger partial charge in [-0.05, 0) is 18.1 Å². The lowest BCUT2D eigenvalue weighted by Crippen LogP contribution is -2.38. The Morgan fingerprint density at radius 2 is 1.80 bits per heavy atom. The van der Waals surface area contributed by atoms with Crippen LogP contribution in [0.4, 0.5) is 0 Å². The molecule has 0 bridgehead atoms. The van der Waals surface area contributed by atoms with Crippen molar-refractivity contribution in [3.63, 3.8) is 0 Å². The molecule has 4 atom stereocenters. The molecule has 4 heteroatoms. The van der Waals surface area contributed by atoms with Gasteiger partial charge in [-0.25, -0.2) is 0 Å². The predicted molar refractivity (Wildman–Crippen MR) is 83.2 cm³/mol. The fourth-order valence-corrected chi connectivity index (χ4v) is 3.38. The maximum Gasteiger partial charge on any atom is 0.149 e. The third-order valence-electron chi connectivity index (χ3n) is 3.53. The number of hydrogen-bond donors (Lipinski definition) is 0. The number of carbonyl (C=O) groups excluding carboxylic acids is 1. The first kappa shape index (κ1) is 17.2. The first-order valence-corrected chi connectivity index (χ1v) is 7.81. The number of ether oxygens (including phenoxy) is 2. The van der Waals surface area contributed by atoms with Crippen molar-refractivity contribution in [1.82, 2.24) is 0 Å². The normalized spacial score (nSPS) is 17.2. The third kappa shape index (κ3) is 4.93. The molecule has 0 aromatic heterocycles. The molecule has 0 spiro atoms. The molecule has 112 valence electrons. The van der Waals surface area contributed by atoms with E-state index in [1.54, 1.807) is 14.2 Å². The van der Waals surface area contributed by atoms with E-state index in [9.17, 15) is 4.79 Å². The molecule has 0 aliphatic rings. The van der Waals surface area contributed by atoms with E-state index in [4.69, 9.17) is 9.47 Å². The van der Waals surface area contributed by atoms with Crippen molar-refractivity contribution >= 4 is 18.0 Å². The Balaban J connectivity index is 2.58. The average Bonchev–Trinajstić information content (AvgIpc) is 2.48. The highest BCUT2D eigenvalue weighted by Gasteiger charge is 2.29. The van der Waals surface area contributed by atoms with Crippen LogP contribution in [-0.4, -0.2) is 38.5 Å². The highest BCUT2D eigenvalue weighted by molar-refractivity contribution is 7.99. The maximum absolute atomic E-state index is 11.0. The summed E-state index contributed by atoms with van der Waals surface area (Å²) in [6, 6.07) is 10.3. The van der Waals surface area contributed by atoms with Crippen LogP contribution in [0.2, 0.25) is 0 Å². The second-order valence-electron chi connectivity index (χ2n) is 5.00. The Morgan fingerprint density at radius 1 is 1.15 bits per heavy atom. The van der Waals surface area contributed by atoms with Gasteiger partial charge in [0.25, 0.3) is 0 Å². The minimum atomic E-state index is -0.413. The smallest absolute Gasteiger partial charge is 0.149 e. The van der Waals surface area contributed by atoms with Crippen LogP contribution in [0, 0.1) is 11.8 Å². The van der Waals surface area contributed by atoms with Gasteiger partial charge in [0.15, 0.2) is 0 Å². The summed E-state index contributed by atoms with van der Waals surface area (Å²) in [5.74, 6) is 1.31. The van der Waals surface area contributed by atoms with E-state index in [0.717, 1.165) is 12.0 Å². The summed E-state index contributed by atoms with van der Waals surface area (Å²) in [7, 11) is 3.26. The third-order valence-corrected chi connectivity index (χ3v) is 4.83. The summed E-state index contributed by atoms with van der Waals surface area (Å²) >= 11 is 1.81. The van der Waals surface area contributed by atoms with E-state index in [-0.39, 0.29) is 12.0 Å². The maximum atomic E-state index is 11.0. The van der Waals surface area contributed by atoms with Crippen molar-refractivity contribution in [1.29, 1.82) is 0 Å². The van der Waals surface area contributed by atoms with Crippen molar-refractivity contribution in [2.45, 2.75) is 31.0 Å². The molecule has 20 heavy (non-hydrogen) atoms. The Labute approximate surface area is 126 Å². The van der Waals surface area contributed by atoms with Crippen LogP contribution in [0.5, 0.6) is 0 Å². The standard InChI is InChI=1S/C16H24O3S/c1-12(11-20-14-8-6-5-7-9-14)16(19-4)13(2)15(10-17)18-3/h5-10,12-13,15-16H,11H2,1-4H3/t12-,13-,15+,16-/m1/s1. The molecule has 0 saturated carbocycles. The first-order chi connectivity index (χ1) is 9.63. The monoisotopic (exact) mass is 296 g/mol. The molecule has 0 amide bonds. The van der Waals surface area contributed by atoms with Gasteiger partial charge in [0.1, 0.15) is 12.4 Å². The topological polar surface area (TPSA) is 35.5 Å². The summed E-state index contributed by atoms with van der Waals surface area (Å²) < 4.78 is 10.8. The molecular weight excluding hydrogens is 272 g/mol. The lowest BCUT2D eigenvalue weighted by molar-refractivity contribution is -0.123. The van der Waals surface area contributed by atoms with E-state index < -0.39 is 6.10 Å². The second kappa shape index (κ2) is 9.16. The number of hydrogen-bond acceptors (Lipinski definition) is 4. The number of benzene rings is 1. The summed E-state index contributed by atoms with van der Waals surface area (Å²) in [5.41, 5.74) is 0. The lowest BCUT2D eigenvalue weighted by atomic mass is 9.90. The highest BCUT2D eigenvalue weighted by atomic mass is 32.2. The number of aldehydes is 1. The zero-order valence-corrected chi connectivity index (χ0v) is 13.4. The Hall–Kier alpha value is -0.840. The quantitative estimate of drug-likeness (QED) is 0.517. The van der Waals surface area contributed by atoms with Crippen molar-refractivity contribution in [2.75, 3.05) is 20.0 Å². The summed E-state index contributed by atoms with van der Waals surface area (Å²) in [6.45, 7) is 4.15. The largest absolute Gasteiger partial charge is 0.381 e. The van der Waals surface area contributed by atoms with Gasteiger partial charge in [0, 0.05) is 30.8 Å². The molecule has 0 saturated heterocycles. The van der Waals surface area contributed by atoms with Gasteiger partial charge in [-0.2, -0.15) is 0 Å². The zero-order valence-electron chi connectivity index (χ0n) is 12.6. The van der Waals surface area contributed by atoms with Gasteiger partial charge in [-0.3, -0.25) is 0 Å². The number of rotatable bonds is 9. The van der Waals surface area contributed by atoms with Crippen molar-refractivity contribution in [3.8, 4) is 0 Å². The van der Waals surface area contributed by atoms with E-state index in [1.165, 1.54) is 4.90 Å². The minimum Gasteiger partial charge on any atom is -0.381 e. The van der Waals surface area contributed by atoms with E-state index in [2.05, 4.69) is 19.1 Å². The van der Waals surface area contributed by atoms with Gasteiger partial charge >= 0.3 is 0 Å². The van der Waals surface area contributed by atoms with Crippen LogP contribution in [0.3, 0.4) is 0 Å². The first-order valence-electron chi connectivity index (χ1n) is 6.82. The minimum absolute atomic E-state index is 0.00126. The lowest BCUT2D eigenvalue weighted by Gasteiger charge is -2.30. The number of carbonyl (C=O) groups is 1. The Bertz CT molecular complexity index is 383. The SMILES string of the molecule is CO[C@@H]([C@H](C)[C@H](C=O)OC)[C@H](C)CSc1ccccc1. The summed E-state index contributed by atoms with van der Waals surface area (Å²) in [4.78, 5) is 12.3. The van der Waals surface area contributed by atoms with Gasteiger partial charge in [0.2, 0.25) is 0 Å². The highest BCUT2D eigenvalue weighted by Crippen LogP contribution is 2.27. The van der Waals surface area contributed by atoms with Crippen LogP contribution >= 0.6 is 11.8 Å². The molecule has 1 aromatic rings. The fraction of sp³-hybridized carbons (Fsp3) is 0.562. The molecule has 0 aliphatic carbocycles. The predicted octanol–water partition coefficient (Wildman–Crippen LogP) is 3.28. The number of thioether (sulfide) groups is 1. The van der Waals surface area contributed by atoms with Crippen LogP contribution < -0.4 is 0 Å². The molecule has 0 aliphatic heterocycles. The molecule has 0 fully saturated rings. The number of methoxy groups -OCH3 is 2. The van der Waals surface area contributed by atoms with Crippen molar-refractivity contribution in [3.05, 3.63) is 30.3 Å². The van der Waals surface area contributed by atoms with Crippen LogP contribution in [0.15, 0.2) is 35.2 Å². The molecular formula is C16H24O3S.